The zero-order valence-electron chi connectivity index (χ0n) is 9.96. The number of halogens is 2. The molecule has 3 rings (SSSR count). The molecule has 1 atom stereocenters. The minimum Gasteiger partial charge on any atom is -0.353 e. The molecule has 0 saturated carbocycles. The highest BCUT2D eigenvalue weighted by atomic mass is 19.2. The summed E-state index contributed by atoms with van der Waals surface area (Å²) < 4.78 is 26.2. The number of carbonyl (C=O) groups excluding carboxylic acids is 1. The monoisotopic (exact) mass is 266 g/mol. The van der Waals surface area contributed by atoms with Crippen molar-refractivity contribution in [2.75, 3.05) is 13.1 Å². The number of carbonyl (C=O) groups is 1. The molecule has 2 aromatic rings. The van der Waals surface area contributed by atoms with Crippen LogP contribution in [0.15, 0.2) is 12.1 Å². The van der Waals surface area contributed by atoms with Gasteiger partial charge in [0.15, 0.2) is 11.6 Å². The van der Waals surface area contributed by atoms with E-state index in [2.05, 4.69) is 20.6 Å². The number of nitrogens with zero attached hydrogens (tertiary/aromatic N) is 1. The molecule has 0 radical (unpaired) electrons. The molecule has 0 bridgehead atoms. The third-order valence-electron chi connectivity index (χ3n) is 3.10. The number of hydrogen-bond donors (Lipinski definition) is 3. The Morgan fingerprint density at radius 3 is 2.84 bits per heavy atom. The lowest BCUT2D eigenvalue weighted by molar-refractivity contribution is -0.124. The minimum absolute atomic E-state index is 0.0935. The SMILES string of the molecule is O=C1NCCNC1Cc1nc2cc(F)c(F)cc2[nH]1. The van der Waals surface area contributed by atoms with Crippen LogP contribution in [-0.2, 0) is 11.2 Å². The lowest BCUT2D eigenvalue weighted by Crippen LogP contribution is -2.53. The largest absolute Gasteiger partial charge is 0.353 e. The van der Waals surface area contributed by atoms with Gasteiger partial charge < -0.3 is 15.6 Å². The van der Waals surface area contributed by atoms with E-state index in [4.69, 9.17) is 0 Å². The first-order chi connectivity index (χ1) is 9.13. The Balaban J connectivity index is 1.87. The molecule has 1 aliphatic heterocycles. The molecule has 1 amide bonds. The van der Waals surface area contributed by atoms with Crippen LogP contribution >= 0.6 is 0 Å². The van der Waals surface area contributed by atoms with E-state index < -0.39 is 11.6 Å². The molecule has 1 aromatic heterocycles. The third kappa shape index (κ3) is 2.28. The van der Waals surface area contributed by atoms with Crippen LogP contribution in [0.3, 0.4) is 0 Å². The van der Waals surface area contributed by atoms with Crippen LogP contribution in [0.4, 0.5) is 8.78 Å². The first kappa shape index (κ1) is 12.0. The Hall–Kier alpha value is -2.02. The van der Waals surface area contributed by atoms with Gasteiger partial charge in [0.25, 0.3) is 0 Å². The van der Waals surface area contributed by atoms with E-state index in [1.54, 1.807) is 0 Å². The van der Waals surface area contributed by atoms with E-state index in [0.29, 0.717) is 36.4 Å². The van der Waals surface area contributed by atoms with Gasteiger partial charge in [-0.2, -0.15) is 0 Å². The van der Waals surface area contributed by atoms with E-state index in [1.807, 2.05) is 0 Å². The van der Waals surface area contributed by atoms with Crippen LogP contribution in [0.2, 0.25) is 0 Å². The maximum absolute atomic E-state index is 13.1. The molecule has 1 aliphatic rings. The van der Waals surface area contributed by atoms with Crippen molar-refractivity contribution in [3.63, 3.8) is 0 Å². The molecular weight excluding hydrogens is 254 g/mol. The number of benzene rings is 1. The average molecular weight is 266 g/mol. The normalized spacial score (nSPS) is 19.7. The van der Waals surface area contributed by atoms with Gasteiger partial charge in [-0.3, -0.25) is 4.79 Å². The number of H-pyrrole nitrogens is 1. The summed E-state index contributed by atoms with van der Waals surface area (Å²) in [7, 11) is 0. The maximum atomic E-state index is 13.1. The molecule has 100 valence electrons. The van der Waals surface area contributed by atoms with Crippen LogP contribution in [0.1, 0.15) is 5.82 Å². The van der Waals surface area contributed by atoms with Crippen molar-refractivity contribution in [3.05, 3.63) is 29.6 Å². The van der Waals surface area contributed by atoms with Gasteiger partial charge in [0.2, 0.25) is 5.91 Å². The molecule has 1 saturated heterocycles. The fourth-order valence-corrected chi connectivity index (χ4v) is 2.16. The molecule has 1 fully saturated rings. The highest BCUT2D eigenvalue weighted by Gasteiger charge is 2.23. The van der Waals surface area contributed by atoms with Gasteiger partial charge in [-0.05, 0) is 0 Å². The zero-order chi connectivity index (χ0) is 13.4. The standard InChI is InChI=1S/C12H12F2N4O/c13-6-3-8-9(4-7(6)14)18-11(17-8)5-10-12(19)16-2-1-15-10/h3-4,10,15H,1-2,5H2,(H,16,19)(H,17,18). The number of aromatic amines is 1. The van der Waals surface area contributed by atoms with Crippen molar-refractivity contribution in [1.82, 2.24) is 20.6 Å². The molecule has 1 unspecified atom stereocenters. The Kier molecular flexibility index (Phi) is 2.90. The molecule has 19 heavy (non-hydrogen) atoms. The zero-order valence-corrected chi connectivity index (χ0v) is 9.96. The molecule has 1 aromatic carbocycles. The fourth-order valence-electron chi connectivity index (χ4n) is 2.16. The topological polar surface area (TPSA) is 69.8 Å². The van der Waals surface area contributed by atoms with E-state index >= 15 is 0 Å². The first-order valence-electron chi connectivity index (χ1n) is 5.98. The van der Waals surface area contributed by atoms with Crippen molar-refractivity contribution in [1.29, 1.82) is 0 Å². The maximum Gasteiger partial charge on any atom is 0.237 e. The number of aromatic nitrogens is 2. The Labute approximate surface area is 107 Å². The third-order valence-corrected chi connectivity index (χ3v) is 3.10. The lowest BCUT2D eigenvalue weighted by Gasteiger charge is -2.22. The summed E-state index contributed by atoms with van der Waals surface area (Å²) >= 11 is 0. The summed E-state index contributed by atoms with van der Waals surface area (Å²) in [4.78, 5) is 18.6. The predicted molar refractivity (Wildman–Crippen MR) is 64.5 cm³/mol. The van der Waals surface area contributed by atoms with Crippen LogP contribution in [0.25, 0.3) is 11.0 Å². The van der Waals surface area contributed by atoms with Crippen molar-refractivity contribution in [3.8, 4) is 0 Å². The molecule has 2 heterocycles. The van der Waals surface area contributed by atoms with Crippen LogP contribution in [-0.4, -0.2) is 35.0 Å². The summed E-state index contributed by atoms with van der Waals surface area (Å²) in [5.41, 5.74) is 0.773. The van der Waals surface area contributed by atoms with Gasteiger partial charge in [0.1, 0.15) is 5.82 Å². The van der Waals surface area contributed by atoms with Gasteiger partial charge in [0, 0.05) is 31.6 Å². The highest BCUT2D eigenvalue weighted by molar-refractivity contribution is 5.83. The van der Waals surface area contributed by atoms with Gasteiger partial charge in [-0.1, -0.05) is 0 Å². The smallest absolute Gasteiger partial charge is 0.237 e. The Morgan fingerprint density at radius 1 is 1.26 bits per heavy atom. The summed E-state index contributed by atoms with van der Waals surface area (Å²) in [6, 6.07) is 1.73. The number of imidazole rings is 1. The van der Waals surface area contributed by atoms with Crippen LogP contribution in [0.5, 0.6) is 0 Å². The van der Waals surface area contributed by atoms with Gasteiger partial charge >= 0.3 is 0 Å². The summed E-state index contributed by atoms with van der Waals surface area (Å²) in [5.74, 6) is -1.42. The van der Waals surface area contributed by atoms with Crippen molar-refractivity contribution in [2.45, 2.75) is 12.5 Å². The fraction of sp³-hybridized carbons (Fsp3) is 0.333. The number of hydrogen-bond acceptors (Lipinski definition) is 3. The summed E-state index contributed by atoms with van der Waals surface area (Å²) in [6.07, 6.45) is 0.351. The van der Waals surface area contributed by atoms with Gasteiger partial charge in [-0.15, -0.1) is 0 Å². The minimum atomic E-state index is -0.931. The Morgan fingerprint density at radius 2 is 2.05 bits per heavy atom. The lowest BCUT2D eigenvalue weighted by atomic mass is 10.1. The number of fused-ring (bicyclic) bond motifs is 1. The first-order valence-corrected chi connectivity index (χ1v) is 5.98. The number of amides is 1. The second kappa shape index (κ2) is 4.58. The number of nitrogens with one attached hydrogen (secondary N) is 3. The average Bonchev–Trinajstić information content (AvgIpc) is 2.74. The van der Waals surface area contributed by atoms with Crippen molar-refractivity contribution in [2.24, 2.45) is 0 Å². The van der Waals surface area contributed by atoms with Gasteiger partial charge in [-0.25, -0.2) is 13.8 Å². The second-order valence-corrected chi connectivity index (χ2v) is 4.47. The van der Waals surface area contributed by atoms with Crippen molar-refractivity contribution >= 4 is 16.9 Å². The molecule has 3 N–H and O–H groups in total. The van der Waals surface area contributed by atoms with Crippen LogP contribution in [0, 0.1) is 11.6 Å². The van der Waals surface area contributed by atoms with E-state index in [9.17, 15) is 13.6 Å². The van der Waals surface area contributed by atoms with Crippen LogP contribution < -0.4 is 10.6 Å². The van der Waals surface area contributed by atoms with E-state index in [-0.39, 0.29) is 11.9 Å². The molecule has 0 spiro atoms. The molecule has 0 aliphatic carbocycles. The van der Waals surface area contributed by atoms with Crippen molar-refractivity contribution < 1.29 is 13.6 Å². The second-order valence-electron chi connectivity index (χ2n) is 4.47. The Bertz CT molecular complexity index is 601. The number of rotatable bonds is 2. The molecular formula is C12H12F2N4O. The number of piperazine rings is 1. The quantitative estimate of drug-likeness (QED) is 0.740. The molecule has 5 nitrogen and oxygen atoms in total. The summed E-state index contributed by atoms with van der Waals surface area (Å²) in [6.45, 7) is 1.30. The highest BCUT2D eigenvalue weighted by Crippen LogP contribution is 2.17. The summed E-state index contributed by atoms with van der Waals surface area (Å²) in [5, 5.41) is 5.81. The van der Waals surface area contributed by atoms with E-state index in [1.165, 1.54) is 0 Å². The van der Waals surface area contributed by atoms with Gasteiger partial charge in [0.05, 0.1) is 17.1 Å². The van der Waals surface area contributed by atoms with E-state index in [0.717, 1.165) is 12.1 Å². The molecule has 7 heteroatoms. The predicted octanol–water partition coefficient (Wildman–Crippen LogP) is 0.472.